The highest BCUT2D eigenvalue weighted by Gasteiger charge is 2.20. The second-order valence-corrected chi connectivity index (χ2v) is 6.43. The number of nitrogens with zero attached hydrogens (tertiary/aromatic N) is 2. The summed E-state index contributed by atoms with van der Waals surface area (Å²) in [7, 11) is -3.25. The lowest BCUT2D eigenvalue weighted by Gasteiger charge is -2.06. The van der Waals surface area contributed by atoms with Crippen LogP contribution in [-0.2, 0) is 16.6 Å². The fraction of sp³-hybridized carbons (Fsp3) is 0.727. The smallest absolute Gasteiger partial charge is 0.232 e. The topological polar surface area (TPSA) is 76.0 Å². The zero-order chi connectivity index (χ0) is 13.0. The van der Waals surface area contributed by atoms with Crippen molar-refractivity contribution < 1.29 is 8.42 Å². The Balaban J connectivity index is 1.74. The van der Waals surface area contributed by atoms with Crippen LogP contribution in [0.3, 0.4) is 0 Å². The molecule has 102 valence electrons. The highest BCUT2D eigenvalue weighted by Crippen LogP contribution is 2.18. The predicted molar refractivity (Wildman–Crippen MR) is 71.0 cm³/mol. The Bertz CT molecular complexity index is 479. The average Bonchev–Trinajstić information content (AvgIpc) is 3.04. The quantitative estimate of drug-likeness (QED) is 0.686. The van der Waals surface area contributed by atoms with Gasteiger partial charge in [-0.1, -0.05) is 0 Å². The first-order valence-corrected chi connectivity index (χ1v) is 8.00. The molecule has 0 atom stereocenters. The Kier molecular flexibility index (Phi) is 4.23. The molecule has 2 N–H and O–H groups in total. The second-order valence-electron chi connectivity index (χ2n) is 4.59. The first kappa shape index (κ1) is 13.4. The largest absolute Gasteiger partial charge is 0.314 e. The first-order valence-electron chi connectivity index (χ1n) is 6.35. The molecule has 0 amide bonds. The fourth-order valence-electron chi connectivity index (χ4n) is 1.68. The van der Waals surface area contributed by atoms with E-state index in [4.69, 9.17) is 0 Å². The number of anilines is 1. The van der Waals surface area contributed by atoms with E-state index in [2.05, 4.69) is 15.1 Å². The summed E-state index contributed by atoms with van der Waals surface area (Å²) in [5.74, 6) is 0.143. The Morgan fingerprint density at radius 2 is 2.28 bits per heavy atom. The van der Waals surface area contributed by atoms with Crippen LogP contribution in [-0.4, -0.2) is 36.5 Å². The van der Waals surface area contributed by atoms with Crippen molar-refractivity contribution in [2.75, 3.05) is 17.0 Å². The monoisotopic (exact) mass is 272 g/mol. The summed E-state index contributed by atoms with van der Waals surface area (Å²) in [6, 6.07) is 0.628. The molecule has 7 heteroatoms. The highest BCUT2D eigenvalue weighted by atomic mass is 32.2. The summed E-state index contributed by atoms with van der Waals surface area (Å²) in [4.78, 5) is 0. The molecule has 1 aromatic rings. The van der Waals surface area contributed by atoms with Gasteiger partial charge in [0.15, 0.2) is 0 Å². The molecule has 1 fully saturated rings. The van der Waals surface area contributed by atoms with E-state index < -0.39 is 10.0 Å². The molecule has 1 aromatic heterocycles. The summed E-state index contributed by atoms with van der Waals surface area (Å²) in [5.41, 5.74) is 0.534. The van der Waals surface area contributed by atoms with Gasteiger partial charge in [0.2, 0.25) is 10.0 Å². The zero-order valence-corrected chi connectivity index (χ0v) is 11.4. The van der Waals surface area contributed by atoms with Gasteiger partial charge in [0.25, 0.3) is 0 Å². The van der Waals surface area contributed by atoms with Crippen LogP contribution in [0.4, 0.5) is 5.69 Å². The van der Waals surface area contributed by atoms with Gasteiger partial charge in [-0.05, 0) is 32.7 Å². The van der Waals surface area contributed by atoms with Crippen molar-refractivity contribution in [1.29, 1.82) is 0 Å². The highest BCUT2D eigenvalue weighted by molar-refractivity contribution is 7.92. The molecular weight excluding hydrogens is 252 g/mol. The van der Waals surface area contributed by atoms with E-state index in [1.165, 1.54) is 19.0 Å². The molecule has 0 bridgehead atoms. The van der Waals surface area contributed by atoms with Crippen molar-refractivity contribution in [3.05, 3.63) is 12.4 Å². The molecular formula is C11H20N4O2S. The van der Waals surface area contributed by atoms with Gasteiger partial charge in [0.05, 0.1) is 17.6 Å². The van der Waals surface area contributed by atoms with Crippen molar-refractivity contribution in [2.24, 2.45) is 0 Å². The number of hydrogen-bond acceptors (Lipinski definition) is 4. The summed E-state index contributed by atoms with van der Waals surface area (Å²) in [5, 5.41) is 7.32. The third kappa shape index (κ3) is 4.30. The van der Waals surface area contributed by atoms with Crippen LogP contribution in [0.25, 0.3) is 0 Å². The van der Waals surface area contributed by atoms with E-state index in [0.29, 0.717) is 18.2 Å². The maximum atomic E-state index is 11.8. The van der Waals surface area contributed by atoms with Crippen LogP contribution in [0, 0.1) is 0 Å². The van der Waals surface area contributed by atoms with Crippen LogP contribution in [0.5, 0.6) is 0 Å². The number of rotatable bonds is 8. The first-order chi connectivity index (χ1) is 8.59. The number of nitrogens with one attached hydrogen (secondary N) is 2. The summed E-state index contributed by atoms with van der Waals surface area (Å²) in [6.45, 7) is 3.45. The number of aromatic nitrogens is 2. The van der Waals surface area contributed by atoms with Gasteiger partial charge < -0.3 is 5.32 Å². The fourth-order valence-corrected chi connectivity index (χ4v) is 2.77. The minimum absolute atomic E-state index is 0.143. The van der Waals surface area contributed by atoms with Gasteiger partial charge in [-0.15, -0.1) is 0 Å². The summed E-state index contributed by atoms with van der Waals surface area (Å²) >= 11 is 0. The Labute approximate surface area is 108 Å². The van der Waals surface area contributed by atoms with E-state index in [1.807, 2.05) is 6.92 Å². The molecule has 0 aliphatic heterocycles. The third-order valence-electron chi connectivity index (χ3n) is 2.83. The molecule has 0 spiro atoms. The van der Waals surface area contributed by atoms with Crippen LogP contribution in [0.15, 0.2) is 12.4 Å². The summed E-state index contributed by atoms with van der Waals surface area (Å²) in [6.07, 6.45) is 6.31. The maximum absolute atomic E-state index is 11.8. The van der Waals surface area contributed by atoms with Crippen molar-refractivity contribution in [2.45, 2.75) is 38.8 Å². The van der Waals surface area contributed by atoms with Crippen molar-refractivity contribution in [3.63, 3.8) is 0 Å². The number of aryl methyl sites for hydroxylation is 1. The van der Waals surface area contributed by atoms with Crippen LogP contribution in [0.1, 0.15) is 26.2 Å². The van der Waals surface area contributed by atoms with Crippen LogP contribution >= 0.6 is 0 Å². The second kappa shape index (κ2) is 5.71. The molecule has 2 rings (SSSR count). The maximum Gasteiger partial charge on any atom is 0.232 e. The van der Waals surface area contributed by atoms with E-state index in [0.717, 1.165) is 13.1 Å². The molecule has 1 aliphatic rings. The van der Waals surface area contributed by atoms with Gasteiger partial charge in [-0.2, -0.15) is 5.10 Å². The molecule has 1 saturated carbocycles. The Morgan fingerprint density at radius 3 is 2.89 bits per heavy atom. The van der Waals surface area contributed by atoms with E-state index >= 15 is 0 Å². The Hall–Kier alpha value is -1.08. The van der Waals surface area contributed by atoms with Crippen LogP contribution < -0.4 is 10.0 Å². The molecule has 6 nitrogen and oxygen atoms in total. The average molecular weight is 272 g/mol. The normalized spacial score (nSPS) is 15.8. The molecule has 1 heterocycles. The van der Waals surface area contributed by atoms with Crippen molar-refractivity contribution in [1.82, 2.24) is 15.1 Å². The Morgan fingerprint density at radius 1 is 1.50 bits per heavy atom. The zero-order valence-electron chi connectivity index (χ0n) is 10.6. The van der Waals surface area contributed by atoms with Gasteiger partial charge in [-0.3, -0.25) is 9.40 Å². The van der Waals surface area contributed by atoms with Crippen molar-refractivity contribution >= 4 is 15.7 Å². The van der Waals surface area contributed by atoms with Gasteiger partial charge in [0, 0.05) is 18.8 Å². The van der Waals surface area contributed by atoms with Crippen LogP contribution in [0.2, 0.25) is 0 Å². The molecule has 1 aliphatic carbocycles. The SMILES string of the molecule is CCn1cc(NS(=O)(=O)CCCNC2CC2)cn1. The van der Waals surface area contributed by atoms with Crippen molar-refractivity contribution in [3.8, 4) is 0 Å². The molecule has 0 aromatic carbocycles. The molecule has 18 heavy (non-hydrogen) atoms. The molecule has 0 radical (unpaired) electrons. The summed E-state index contributed by atoms with van der Waals surface area (Å²) < 4.78 is 27.8. The lowest BCUT2D eigenvalue weighted by atomic mass is 10.5. The molecule has 0 saturated heterocycles. The lowest BCUT2D eigenvalue weighted by Crippen LogP contribution is -2.23. The predicted octanol–water partition coefficient (Wildman–Crippen LogP) is 0.787. The molecule has 0 unspecified atom stereocenters. The number of sulfonamides is 1. The van der Waals surface area contributed by atoms with Gasteiger partial charge in [0.1, 0.15) is 0 Å². The van der Waals surface area contributed by atoms with E-state index in [9.17, 15) is 8.42 Å². The third-order valence-corrected chi connectivity index (χ3v) is 4.20. The minimum Gasteiger partial charge on any atom is -0.314 e. The van der Waals surface area contributed by atoms with E-state index in [-0.39, 0.29) is 5.75 Å². The van der Waals surface area contributed by atoms with Gasteiger partial charge in [-0.25, -0.2) is 8.42 Å². The lowest BCUT2D eigenvalue weighted by molar-refractivity contribution is 0.593. The number of hydrogen-bond donors (Lipinski definition) is 2. The minimum atomic E-state index is -3.25. The van der Waals surface area contributed by atoms with E-state index in [1.54, 1.807) is 10.9 Å². The van der Waals surface area contributed by atoms with Gasteiger partial charge >= 0.3 is 0 Å². The standard InChI is InChI=1S/C11H20N4O2S/c1-2-15-9-11(8-13-15)14-18(16,17)7-3-6-12-10-4-5-10/h8-10,12,14H,2-7H2,1H3.